The van der Waals surface area contributed by atoms with E-state index >= 15 is 0 Å². The van der Waals surface area contributed by atoms with Gasteiger partial charge in [-0.3, -0.25) is 9.59 Å². The Morgan fingerprint density at radius 3 is 1.80 bits per heavy atom. The molecule has 0 aromatic heterocycles. The van der Waals surface area contributed by atoms with Gasteiger partial charge in [0.1, 0.15) is 17.5 Å². The van der Waals surface area contributed by atoms with Gasteiger partial charge in [-0.2, -0.15) is 0 Å². The number of hydrogen-bond acceptors (Lipinski definition) is 2. The minimum absolute atomic E-state index is 0.252. The second-order valence-corrected chi connectivity index (χ2v) is 4.10. The summed E-state index contributed by atoms with van der Waals surface area (Å²) in [5.74, 6) is -1.36. The van der Waals surface area contributed by atoms with Crippen molar-refractivity contribution in [1.29, 1.82) is 0 Å². The molecule has 1 aromatic rings. The standard InChI is InChI=1S/C11H10Cl2O2/c1-6(14)10(7(2)15)11-8(12)4-3-5-9(11)13/h3-5,10H,1-2H3. The van der Waals surface area contributed by atoms with Crippen LogP contribution in [0.4, 0.5) is 0 Å². The van der Waals surface area contributed by atoms with E-state index in [1.54, 1.807) is 18.2 Å². The number of carbonyl (C=O) groups is 2. The molecule has 0 unspecified atom stereocenters. The molecular formula is C11H10Cl2O2. The van der Waals surface area contributed by atoms with Gasteiger partial charge in [-0.05, 0) is 26.0 Å². The molecule has 1 rings (SSSR count). The Morgan fingerprint density at radius 2 is 1.47 bits per heavy atom. The van der Waals surface area contributed by atoms with E-state index in [9.17, 15) is 9.59 Å². The van der Waals surface area contributed by atoms with Gasteiger partial charge >= 0.3 is 0 Å². The Morgan fingerprint density at radius 1 is 1.07 bits per heavy atom. The van der Waals surface area contributed by atoms with Gasteiger partial charge in [0.25, 0.3) is 0 Å². The summed E-state index contributed by atoms with van der Waals surface area (Å²) in [5, 5.41) is 0.691. The normalized spacial score (nSPS) is 10.5. The summed E-state index contributed by atoms with van der Waals surface area (Å²) < 4.78 is 0. The number of hydrogen-bond donors (Lipinski definition) is 0. The maximum atomic E-state index is 11.4. The second kappa shape index (κ2) is 4.77. The van der Waals surface area contributed by atoms with E-state index in [1.807, 2.05) is 0 Å². The van der Waals surface area contributed by atoms with E-state index in [4.69, 9.17) is 23.2 Å². The number of rotatable bonds is 3. The fourth-order valence-electron chi connectivity index (χ4n) is 1.48. The number of halogens is 2. The fourth-order valence-corrected chi connectivity index (χ4v) is 2.09. The van der Waals surface area contributed by atoms with Crippen LogP contribution in [0.3, 0.4) is 0 Å². The average molecular weight is 245 g/mol. The maximum Gasteiger partial charge on any atom is 0.144 e. The van der Waals surface area contributed by atoms with E-state index in [1.165, 1.54) is 13.8 Å². The number of ketones is 2. The Kier molecular flexibility index (Phi) is 3.89. The van der Waals surface area contributed by atoms with Gasteiger partial charge in [0.15, 0.2) is 0 Å². The lowest BCUT2D eigenvalue weighted by molar-refractivity contribution is -0.126. The topological polar surface area (TPSA) is 34.1 Å². The van der Waals surface area contributed by atoms with Crippen molar-refractivity contribution in [2.45, 2.75) is 19.8 Å². The molecular weight excluding hydrogens is 235 g/mol. The van der Waals surface area contributed by atoms with Crippen LogP contribution in [0.15, 0.2) is 18.2 Å². The molecule has 0 saturated carbocycles. The lowest BCUT2D eigenvalue weighted by Crippen LogP contribution is -2.17. The number of benzene rings is 1. The minimum Gasteiger partial charge on any atom is -0.299 e. The van der Waals surface area contributed by atoms with Crippen molar-refractivity contribution in [3.8, 4) is 0 Å². The van der Waals surface area contributed by atoms with Crippen molar-refractivity contribution in [3.63, 3.8) is 0 Å². The minimum atomic E-state index is -0.855. The first-order valence-electron chi connectivity index (χ1n) is 4.40. The van der Waals surface area contributed by atoms with Crippen LogP contribution in [0.2, 0.25) is 10.0 Å². The van der Waals surface area contributed by atoms with Crippen LogP contribution < -0.4 is 0 Å². The van der Waals surface area contributed by atoms with E-state index < -0.39 is 5.92 Å². The Labute approximate surface area is 98.2 Å². The molecule has 0 aliphatic carbocycles. The van der Waals surface area contributed by atoms with Crippen LogP contribution in [-0.2, 0) is 9.59 Å². The molecule has 1 aromatic carbocycles. The van der Waals surface area contributed by atoms with Crippen LogP contribution >= 0.6 is 23.2 Å². The van der Waals surface area contributed by atoms with Crippen LogP contribution in [0.5, 0.6) is 0 Å². The number of Topliss-reactive ketones (excluding diaryl/α,β-unsaturated/α-hetero) is 2. The highest BCUT2D eigenvalue weighted by Gasteiger charge is 2.26. The summed E-state index contributed by atoms with van der Waals surface area (Å²) in [7, 11) is 0. The molecule has 0 bridgehead atoms. The van der Waals surface area contributed by atoms with Crippen LogP contribution in [0, 0.1) is 0 Å². The van der Waals surface area contributed by atoms with Crippen LogP contribution in [0.1, 0.15) is 25.3 Å². The van der Waals surface area contributed by atoms with E-state index in [2.05, 4.69) is 0 Å². The molecule has 80 valence electrons. The van der Waals surface area contributed by atoms with Crippen LogP contribution in [0.25, 0.3) is 0 Å². The largest absolute Gasteiger partial charge is 0.299 e. The molecule has 0 fully saturated rings. The van der Waals surface area contributed by atoms with Crippen molar-refractivity contribution in [1.82, 2.24) is 0 Å². The third-order valence-corrected chi connectivity index (χ3v) is 2.76. The van der Waals surface area contributed by atoms with Crippen molar-refractivity contribution < 1.29 is 9.59 Å². The predicted octanol–water partition coefficient (Wildman–Crippen LogP) is 3.26. The quantitative estimate of drug-likeness (QED) is 0.766. The molecule has 15 heavy (non-hydrogen) atoms. The van der Waals surface area contributed by atoms with Crippen LogP contribution in [-0.4, -0.2) is 11.6 Å². The van der Waals surface area contributed by atoms with Gasteiger partial charge in [-0.15, -0.1) is 0 Å². The summed E-state index contributed by atoms with van der Waals surface area (Å²) >= 11 is 11.8. The van der Waals surface area contributed by atoms with Gasteiger partial charge < -0.3 is 0 Å². The zero-order chi connectivity index (χ0) is 11.6. The lowest BCUT2D eigenvalue weighted by Gasteiger charge is -2.13. The summed E-state index contributed by atoms with van der Waals surface area (Å²) in [6, 6.07) is 4.90. The zero-order valence-corrected chi connectivity index (χ0v) is 9.89. The lowest BCUT2D eigenvalue weighted by atomic mass is 9.92. The Bertz CT molecular complexity index is 379. The van der Waals surface area contributed by atoms with Crippen molar-refractivity contribution >= 4 is 34.8 Å². The van der Waals surface area contributed by atoms with Gasteiger partial charge in [0, 0.05) is 15.6 Å². The molecule has 0 N–H and O–H groups in total. The Hall–Kier alpha value is -0.860. The van der Waals surface area contributed by atoms with Crippen molar-refractivity contribution in [3.05, 3.63) is 33.8 Å². The smallest absolute Gasteiger partial charge is 0.144 e. The van der Waals surface area contributed by atoms with E-state index in [0.29, 0.717) is 15.6 Å². The molecule has 0 atom stereocenters. The second-order valence-electron chi connectivity index (χ2n) is 3.29. The summed E-state index contributed by atoms with van der Waals surface area (Å²) in [6.07, 6.45) is 0. The maximum absolute atomic E-state index is 11.4. The first-order chi connectivity index (χ1) is 6.95. The third kappa shape index (κ3) is 2.58. The summed E-state index contributed by atoms with van der Waals surface area (Å²) in [5.41, 5.74) is 0.404. The SMILES string of the molecule is CC(=O)C(C(C)=O)c1c(Cl)cccc1Cl. The molecule has 0 aliphatic heterocycles. The van der Waals surface area contributed by atoms with E-state index in [-0.39, 0.29) is 11.6 Å². The molecule has 0 radical (unpaired) electrons. The van der Waals surface area contributed by atoms with Crippen molar-refractivity contribution in [2.75, 3.05) is 0 Å². The Balaban J connectivity index is 3.35. The molecule has 0 saturated heterocycles. The average Bonchev–Trinajstić information content (AvgIpc) is 2.09. The van der Waals surface area contributed by atoms with E-state index in [0.717, 1.165) is 0 Å². The molecule has 0 amide bonds. The molecule has 2 nitrogen and oxygen atoms in total. The third-order valence-electron chi connectivity index (χ3n) is 2.10. The highest BCUT2D eigenvalue weighted by atomic mass is 35.5. The van der Waals surface area contributed by atoms with Gasteiger partial charge in [0.05, 0.1) is 0 Å². The monoisotopic (exact) mass is 244 g/mol. The first-order valence-corrected chi connectivity index (χ1v) is 5.15. The number of carbonyl (C=O) groups excluding carboxylic acids is 2. The fraction of sp³-hybridized carbons (Fsp3) is 0.273. The summed E-state index contributed by atoms with van der Waals surface area (Å²) in [4.78, 5) is 22.7. The zero-order valence-electron chi connectivity index (χ0n) is 8.38. The molecule has 0 aliphatic rings. The highest BCUT2D eigenvalue weighted by Crippen LogP contribution is 2.32. The van der Waals surface area contributed by atoms with Gasteiger partial charge in [-0.25, -0.2) is 0 Å². The molecule has 4 heteroatoms. The first kappa shape index (κ1) is 12.2. The summed E-state index contributed by atoms with van der Waals surface area (Å²) in [6.45, 7) is 2.71. The molecule has 0 heterocycles. The van der Waals surface area contributed by atoms with Crippen molar-refractivity contribution in [2.24, 2.45) is 0 Å². The van der Waals surface area contributed by atoms with Gasteiger partial charge in [0.2, 0.25) is 0 Å². The molecule has 0 spiro atoms. The van der Waals surface area contributed by atoms with Gasteiger partial charge in [-0.1, -0.05) is 29.3 Å². The highest BCUT2D eigenvalue weighted by molar-refractivity contribution is 6.37. The predicted molar refractivity (Wildman–Crippen MR) is 60.6 cm³/mol.